The molecule has 1 atom stereocenters. The summed E-state index contributed by atoms with van der Waals surface area (Å²) in [6, 6.07) is -0.259. The number of aromatic nitrogens is 4. The maximum atomic E-state index is 13.2. The van der Waals surface area contributed by atoms with E-state index in [4.69, 9.17) is 4.98 Å². The Kier molecular flexibility index (Phi) is 8.51. The fourth-order valence-corrected chi connectivity index (χ4v) is 4.49. The lowest BCUT2D eigenvalue weighted by Crippen LogP contribution is -2.45. The molecule has 0 spiro atoms. The minimum atomic E-state index is -0.701. The maximum Gasteiger partial charge on any atom is 0.314 e. The van der Waals surface area contributed by atoms with Crippen molar-refractivity contribution >= 4 is 45.8 Å². The Hall–Kier alpha value is -3.11. The van der Waals surface area contributed by atoms with Crippen molar-refractivity contribution in [1.82, 2.24) is 30.0 Å². The fourth-order valence-electron chi connectivity index (χ4n) is 3.59. The van der Waals surface area contributed by atoms with Crippen LogP contribution in [0.3, 0.4) is 0 Å². The summed E-state index contributed by atoms with van der Waals surface area (Å²) in [5.41, 5.74) is 2.95. The number of nitrogens with zero attached hydrogens (tertiary/aromatic N) is 5. The van der Waals surface area contributed by atoms with E-state index in [0.29, 0.717) is 17.7 Å². The number of amides is 2. The highest BCUT2D eigenvalue weighted by Gasteiger charge is 2.27. The van der Waals surface area contributed by atoms with Crippen LogP contribution in [0.5, 0.6) is 0 Å². The van der Waals surface area contributed by atoms with Crippen molar-refractivity contribution in [2.24, 2.45) is 0 Å². The Morgan fingerprint density at radius 2 is 2.00 bits per heavy atom. The molecule has 2 N–H and O–H groups in total. The average molecular weight is 484 g/mol. The lowest BCUT2D eigenvalue weighted by molar-refractivity contribution is -0.144. The van der Waals surface area contributed by atoms with Gasteiger partial charge in [-0.2, -0.15) is 5.10 Å². The minimum absolute atomic E-state index is 0.259. The van der Waals surface area contributed by atoms with Crippen molar-refractivity contribution in [3.63, 3.8) is 0 Å². The summed E-state index contributed by atoms with van der Waals surface area (Å²) < 4.78 is 0. The highest BCUT2D eigenvalue weighted by Crippen LogP contribution is 2.23. The highest BCUT2D eigenvalue weighted by atomic mass is 32.1. The molecule has 3 rings (SSSR count). The molecule has 1 unspecified atom stereocenters. The number of likely N-dealkylation sites (N-methyl/N-ethyl adjacent to an activating group) is 1. The SMILES string of the molecule is CCCN(C(=O)C(=O)Nc1cncc2cn[nH]c12)C(C)/C(C)=C/c1nc(CCN(C)C)sc1C. The van der Waals surface area contributed by atoms with Gasteiger partial charge in [-0.1, -0.05) is 6.92 Å². The van der Waals surface area contributed by atoms with Crippen LogP contribution in [0.2, 0.25) is 0 Å². The number of aromatic amines is 1. The Morgan fingerprint density at radius 3 is 2.71 bits per heavy atom. The first-order chi connectivity index (χ1) is 16.2. The van der Waals surface area contributed by atoms with Gasteiger partial charge in [-0.3, -0.25) is 19.7 Å². The molecule has 3 aromatic heterocycles. The first kappa shape index (κ1) is 25.5. The number of anilines is 1. The van der Waals surface area contributed by atoms with Crippen LogP contribution in [0.25, 0.3) is 17.0 Å². The zero-order chi connectivity index (χ0) is 24.8. The molecule has 0 aliphatic carbocycles. The molecule has 182 valence electrons. The maximum absolute atomic E-state index is 13.2. The van der Waals surface area contributed by atoms with Gasteiger partial charge in [0.2, 0.25) is 0 Å². The van der Waals surface area contributed by atoms with E-state index in [1.807, 2.05) is 26.8 Å². The molecule has 0 aliphatic heterocycles. The van der Waals surface area contributed by atoms with E-state index in [9.17, 15) is 9.59 Å². The number of rotatable bonds is 9. The Morgan fingerprint density at radius 1 is 1.24 bits per heavy atom. The number of aryl methyl sites for hydroxylation is 1. The number of carbonyl (C=O) groups excluding carboxylic acids is 2. The normalized spacial score (nSPS) is 12.9. The minimum Gasteiger partial charge on any atom is -0.328 e. The summed E-state index contributed by atoms with van der Waals surface area (Å²) in [5.74, 6) is -1.28. The highest BCUT2D eigenvalue weighted by molar-refractivity contribution is 7.11. The molecule has 0 aliphatic rings. The topological polar surface area (TPSA) is 107 Å². The molecule has 2 amide bonds. The van der Waals surface area contributed by atoms with Crippen LogP contribution in [-0.2, 0) is 16.0 Å². The molecule has 0 aromatic carbocycles. The van der Waals surface area contributed by atoms with E-state index < -0.39 is 11.8 Å². The first-order valence-corrected chi connectivity index (χ1v) is 12.2. The molecule has 0 bridgehead atoms. The number of thiazole rings is 1. The van der Waals surface area contributed by atoms with E-state index in [0.717, 1.165) is 45.9 Å². The monoisotopic (exact) mass is 483 g/mol. The predicted molar refractivity (Wildman–Crippen MR) is 137 cm³/mol. The number of nitrogens with one attached hydrogen (secondary N) is 2. The van der Waals surface area contributed by atoms with Gasteiger partial charge in [0.05, 0.1) is 40.3 Å². The molecule has 9 nitrogen and oxygen atoms in total. The van der Waals surface area contributed by atoms with Gasteiger partial charge in [0.25, 0.3) is 0 Å². The number of H-pyrrole nitrogens is 1. The van der Waals surface area contributed by atoms with E-state index in [1.165, 1.54) is 6.20 Å². The smallest absolute Gasteiger partial charge is 0.314 e. The predicted octanol–water partition coefficient (Wildman–Crippen LogP) is 3.50. The van der Waals surface area contributed by atoms with E-state index in [-0.39, 0.29) is 6.04 Å². The number of hydrogen-bond donors (Lipinski definition) is 2. The lowest BCUT2D eigenvalue weighted by atomic mass is 10.1. The zero-order valence-corrected chi connectivity index (χ0v) is 21.5. The van der Waals surface area contributed by atoms with E-state index in [2.05, 4.69) is 46.4 Å². The summed E-state index contributed by atoms with van der Waals surface area (Å²) in [7, 11) is 4.10. The molecule has 3 aromatic rings. The molecular formula is C24H33N7O2S. The summed E-state index contributed by atoms with van der Waals surface area (Å²) in [6.07, 6.45) is 8.43. The summed E-state index contributed by atoms with van der Waals surface area (Å²) in [4.78, 5) is 39.8. The molecule has 34 heavy (non-hydrogen) atoms. The van der Waals surface area contributed by atoms with Crippen LogP contribution in [-0.4, -0.2) is 75.0 Å². The molecule has 0 saturated carbocycles. The van der Waals surface area contributed by atoms with Gasteiger partial charge in [0, 0.05) is 36.0 Å². The van der Waals surface area contributed by atoms with Gasteiger partial charge in [-0.15, -0.1) is 11.3 Å². The second kappa shape index (κ2) is 11.3. The average Bonchev–Trinajstić information content (AvgIpc) is 3.42. The van der Waals surface area contributed by atoms with Gasteiger partial charge in [0.1, 0.15) is 0 Å². The van der Waals surface area contributed by atoms with Crippen LogP contribution in [0.1, 0.15) is 42.8 Å². The molecule has 0 radical (unpaired) electrons. The van der Waals surface area contributed by atoms with Crippen LogP contribution in [0.4, 0.5) is 5.69 Å². The quantitative estimate of drug-likeness (QED) is 0.451. The standard InChI is InChI=1S/C24H33N7O2S/c1-7-9-31(24(33)23(32)28-20-14-25-12-18-13-26-29-22(18)20)16(3)15(2)11-19-17(4)34-21(27-19)8-10-30(5)6/h11-14,16H,7-10H2,1-6H3,(H,26,29)(H,28,32)/b15-11+. The number of carbonyl (C=O) groups is 2. The fraction of sp³-hybridized carbons (Fsp3) is 0.458. The van der Waals surface area contributed by atoms with Crippen molar-refractivity contribution in [3.8, 4) is 0 Å². The van der Waals surface area contributed by atoms with Gasteiger partial charge < -0.3 is 15.1 Å². The van der Waals surface area contributed by atoms with Gasteiger partial charge in [-0.05, 0) is 52.9 Å². The third-order valence-corrected chi connectivity index (χ3v) is 6.71. The zero-order valence-electron chi connectivity index (χ0n) is 20.7. The number of hydrogen-bond acceptors (Lipinski definition) is 7. The summed E-state index contributed by atoms with van der Waals surface area (Å²) in [6.45, 7) is 9.38. The molecular weight excluding hydrogens is 450 g/mol. The van der Waals surface area contributed by atoms with Crippen molar-refractivity contribution in [1.29, 1.82) is 0 Å². The van der Waals surface area contributed by atoms with Crippen LogP contribution >= 0.6 is 11.3 Å². The third kappa shape index (κ3) is 6.06. The largest absolute Gasteiger partial charge is 0.328 e. The van der Waals surface area contributed by atoms with Crippen LogP contribution in [0.15, 0.2) is 24.2 Å². The van der Waals surface area contributed by atoms with Crippen molar-refractivity contribution in [3.05, 3.63) is 39.7 Å². The van der Waals surface area contributed by atoms with Gasteiger partial charge >= 0.3 is 11.8 Å². The molecule has 0 saturated heterocycles. The van der Waals surface area contributed by atoms with Crippen molar-refractivity contribution in [2.45, 2.75) is 46.6 Å². The molecule has 10 heteroatoms. The van der Waals surface area contributed by atoms with Crippen LogP contribution in [0, 0.1) is 6.92 Å². The number of pyridine rings is 1. The summed E-state index contributed by atoms with van der Waals surface area (Å²) >= 11 is 1.70. The van der Waals surface area contributed by atoms with Gasteiger partial charge in [-0.25, -0.2) is 4.98 Å². The first-order valence-electron chi connectivity index (χ1n) is 11.4. The lowest BCUT2D eigenvalue weighted by Gasteiger charge is -2.29. The second-order valence-electron chi connectivity index (χ2n) is 8.64. The van der Waals surface area contributed by atoms with E-state index in [1.54, 1.807) is 28.6 Å². The van der Waals surface area contributed by atoms with Crippen molar-refractivity contribution < 1.29 is 9.59 Å². The van der Waals surface area contributed by atoms with E-state index >= 15 is 0 Å². The molecule has 3 heterocycles. The third-order valence-electron chi connectivity index (χ3n) is 5.66. The Labute approximate surface area is 204 Å². The molecule has 0 fully saturated rings. The van der Waals surface area contributed by atoms with Crippen LogP contribution < -0.4 is 5.32 Å². The number of fused-ring (bicyclic) bond motifs is 1. The van der Waals surface area contributed by atoms with Crippen molar-refractivity contribution in [2.75, 3.05) is 32.5 Å². The Bertz CT molecular complexity index is 1180. The summed E-state index contributed by atoms with van der Waals surface area (Å²) in [5, 5.41) is 11.3. The second-order valence-corrected chi connectivity index (χ2v) is 9.93. The van der Waals surface area contributed by atoms with Gasteiger partial charge in [0.15, 0.2) is 0 Å². The Balaban J connectivity index is 1.76.